The molecule has 11 N–H and O–H groups in total. The van der Waals surface area contributed by atoms with Crippen molar-refractivity contribution in [3.63, 3.8) is 0 Å². The first-order valence-corrected chi connectivity index (χ1v) is 15.0. The third kappa shape index (κ3) is 5.21. The molecule has 4 aromatic heterocycles. The van der Waals surface area contributed by atoms with Gasteiger partial charge in [0, 0.05) is 0 Å². The van der Waals surface area contributed by atoms with Crippen LogP contribution in [0, 0.1) is 0 Å². The maximum atomic E-state index is 12.1. The number of hydrogen-bond acceptors (Lipinski definition) is 17. The fourth-order valence-electron chi connectivity index (χ4n) is 4.93. The van der Waals surface area contributed by atoms with E-state index in [-0.39, 0.29) is 34.2 Å². The molecular formula is C20H25N10O11PS. The predicted molar refractivity (Wildman–Crippen MR) is 145 cm³/mol. The average molecular weight is 645 g/mol. The van der Waals surface area contributed by atoms with Gasteiger partial charge in [0.25, 0.3) is 11.1 Å². The lowest BCUT2D eigenvalue weighted by Crippen LogP contribution is -2.36. The molecule has 43 heavy (non-hydrogen) atoms. The van der Waals surface area contributed by atoms with Crippen molar-refractivity contribution in [1.82, 2.24) is 39.0 Å². The van der Waals surface area contributed by atoms with Crippen molar-refractivity contribution < 1.29 is 43.8 Å². The molecule has 0 aromatic carbocycles. The number of H-pyrrole nitrogens is 2. The minimum Gasteiger partial charge on any atom is -0.394 e. The number of anilines is 2. The van der Waals surface area contributed by atoms with Gasteiger partial charge in [-0.2, -0.15) is 9.97 Å². The molecule has 21 nitrogen and oxygen atoms in total. The largest absolute Gasteiger partial charge is 0.394 e. The minimum atomic E-state index is -4.23. The summed E-state index contributed by atoms with van der Waals surface area (Å²) in [6, 6.07) is 0. The summed E-state index contributed by atoms with van der Waals surface area (Å²) < 4.78 is 24.7. The number of hydrogen-bond donors (Lipinski definition) is 9. The highest BCUT2D eigenvalue weighted by atomic mass is 32.5. The predicted octanol–water partition coefficient (Wildman–Crippen LogP) is -4.09. The number of nitrogens with two attached hydrogens (primary N) is 2. The van der Waals surface area contributed by atoms with Gasteiger partial charge in [-0.15, -0.1) is 0 Å². The van der Waals surface area contributed by atoms with Crippen molar-refractivity contribution >= 4 is 52.7 Å². The van der Waals surface area contributed by atoms with Gasteiger partial charge in [-0.1, -0.05) is 0 Å². The number of nitrogen functional groups attached to an aromatic ring is 2. The summed E-state index contributed by atoms with van der Waals surface area (Å²) in [6.45, 7) is -5.48. The number of aliphatic hydroxyl groups excluding tert-OH is 4. The van der Waals surface area contributed by atoms with E-state index in [0.717, 1.165) is 0 Å². The second kappa shape index (κ2) is 10.9. The Kier molecular flexibility index (Phi) is 7.55. The number of nitrogens with zero attached hydrogens (tertiary/aromatic N) is 6. The number of fused-ring (bicyclic) bond motifs is 2. The Morgan fingerprint density at radius 2 is 1.42 bits per heavy atom. The smallest absolute Gasteiger partial charge is 0.325 e. The maximum Gasteiger partial charge on any atom is 0.325 e. The lowest BCUT2D eigenvalue weighted by molar-refractivity contribution is -0.0549. The summed E-state index contributed by atoms with van der Waals surface area (Å²) in [7, 11) is 0. The molecule has 23 heteroatoms. The van der Waals surface area contributed by atoms with Gasteiger partial charge in [0.1, 0.15) is 36.6 Å². The molecule has 0 radical (unpaired) electrons. The van der Waals surface area contributed by atoms with E-state index in [4.69, 9.17) is 41.8 Å². The maximum absolute atomic E-state index is 12.1. The van der Waals surface area contributed by atoms with Gasteiger partial charge < -0.3 is 50.8 Å². The zero-order chi connectivity index (χ0) is 30.8. The summed E-state index contributed by atoms with van der Waals surface area (Å²) in [5.41, 5.74) is 9.78. The Morgan fingerprint density at radius 3 is 1.95 bits per heavy atom. The summed E-state index contributed by atoms with van der Waals surface area (Å²) in [5.74, 6) is -0.418. The van der Waals surface area contributed by atoms with E-state index in [1.54, 1.807) is 0 Å². The van der Waals surface area contributed by atoms with Crippen LogP contribution < -0.4 is 22.6 Å². The first kappa shape index (κ1) is 29.7. The third-order valence-electron chi connectivity index (χ3n) is 6.93. The second-order valence-corrected chi connectivity index (χ2v) is 12.5. The molecule has 2 aliphatic heterocycles. The molecule has 2 aliphatic rings. The van der Waals surface area contributed by atoms with Crippen LogP contribution in [0.2, 0.25) is 0 Å². The van der Waals surface area contributed by atoms with Gasteiger partial charge >= 0.3 is 6.72 Å². The Bertz CT molecular complexity index is 1850. The molecule has 0 spiro atoms. The Balaban J connectivity index is 1.15. The van der Waals surface area contributed by atoms with Crippen molar-refractivity contribution in [3.05, 3.63) is 33.4 Å². The lowest BCUT2D eigenvalue weighted by atomic mass is 10.1. The molecule has 2 saturated heterocycles. The molecule has 0 amide bonds. The number of aromatic nitrogens is 8. The monoisotopic (exact) mass is 644 g/mol. The number of ether oxygens (including phenoxy) is 2. The molecule has 2 fully saturated rings. The van der Waals surface area contributed by atoms with Crippen LogP contribution >= 0.6 is 6.72 Å². The van der Waals surface area contributed by atoms with E-state index in [1.807, 2.05) is 0 Å². The van der Waals surface area contributed by atoms with Crippen molar-refractivity contribution in [2.24, 2.45) is 0 Å². The third-order valence-corrected chi connectivity index (χ3v) is 8.49. The van der Waals surface area contributed by atoms with Gasteiger partial charge in [-0.05, 0) is 11.8 Å². The van der Waals surface area contributed by atoms with Crippen LogP contribution in [0.3, 0.4) is 0 Å². The normalized spacial score (nSPS) is 30.8. The van der Waals surface area contributed by atoms with E-state index < -0.39 is 80.1 Å². The number of rotatable bonds is 8. The van der Waals surface area contributed by atoms with Gasteiger partial charge in [0.2, 0.25) is 11.9 Å². The fraction of sp³-hybridized carbons (Fsp3) is 0.500. The molecule has 9 atom stereocenters. The van der Waals surface area contributed by atoms with Crippen molar-refractivity contribution in [3.8, 4) is 0 Å². The van der Waals surface area contributed by atoms with E-state index in [9.17, 15) is 34.9 Å². The lowest BCUT2D eigenvalue weighted by Gasteiger charge is -2.26. The second-order valence-electron chi connectivity index (χ2n) is 9.67. The highest BCUT2D eigenvalue weighted by molar-refractivity contribution is 8.07. The van der Waals surface area contributed by atoms with E-state index in [0.29, 0.717) is 0 Å². The van der Waals surface area contributed by atoms with Crippen LogP contribution in [0.1, 0.15) is 12.5 Å². The molecule has 0 bridgehead atoms. The molecule has 6 rings (SSSR count). The van der Waals surface area contributed by atoms with Crippen LogP contribution in [0.25, 0.3) is 22.3 Å². The van der Waals surface area contributed by atoms with E-state index >= 15 is 0 Å². The van der Waals surface area contributed by atoms with Crippen LogP contribution in [0.4, 0.5) is 11.9 Å². The van der Waals surface area contributed by atoms with E-state index in [1.165, 1.54) is 21.8 Å². The number of aromatic amines is 2. The number of nitrogens with one attached hydrogen (secondary N) is 2. The highest BCUT2D eigenvalue weighted by Crippen LogP contribution is 2.49. The van der Waals surface area contributed by atoms with Gasteiger partial charge in [0.05, 0.1) is 25.9 Å². The molecule has 6 heterocycles. The quantitative estimate of drug-likeness (QED) is 0.0823. The van der Waals surface area contributed by atoms with Crippen molar-refractivity contribution in [2.75, 3.05) is 24.7 Å². The highest BCUT2D eigenvalue weighted by Gasteiger charge is 2.49. The van der Waals surface area contributed by atoms with Crippen LogP contribution in [-0.2, 0) is 30.3 Å². The molecule has 0 saturated carbocycles. The van der Waals surface area contributed by atoms with Gasteiger partial charge in [0.15, 0.2) is 34.8 Å². The topological polar surface area (TPSA) is 317 Å². The average Bonchev–Trinajstić information content (AvgIpc) is 3.69. The first-order valence-electron chi connectivity index (χ1n) is 12.4. The zero-order valence-electron chi connectivity index (χ0n) is 21.6. The SMILES string of the molecule is Nc1nc2c(ncn2[C@@H]2O[C@H](COP(O)(=S)O[C@H]3[C@@H](O)[C@H](n4cnc5c(=O)[nH]c(N)nc54)O[C@@H]3CO)[C@@H](O)[C@H]2O)c(=O)[nH]1. The van der Waals surface area contributed by atoms with Crippen LogP contribution in [-0.4, -0.2) is 114 Å². The standard InChI is InChI=1S/C20H25N10O11PS/c21-19-25-13-7(15(35)27-19)23-3-29(13)17-10(33)9(32)6(40-17)2-38-42(37,43)41-12-5(1-31)39-18(11(12)34)30-4-24-8-14(30)26-20(22)28-16(8)36/h3-6,9-12,17-18,31-34H,1-2H2,(H,37,43)(H3,21,25,27,35)(H3,22,26,28,36)/t5-,6-,9-,10-,11-,12-,17-,18-,42?/m1/s1. The molecule has 4 aromatic rings. The summed E-state index contributed by atoms with van der Waals surface area (Å²) in [5, 5.41) is 42.1. The zero-order valence-corrected chi connectivity index (χ0v) is 23.3. The van der Waals surface area contributed by atoms with Crippen molar-refractivity contribution in [2.45, 2.75) is 49.1 Å². The fourth-order valence-corrected chi connectivity index (χ4v) is 6.38. The molecule has 232 valence electrons. The minimum absolute atomic E-state index is 0.0114. The number of aliphatic hydroxyl groups is 4. The molecular weight excluding hydrogens is 619 g/mol. The summed E-state index contributed by atoms with van der Waals surface area (Å²) >= 11 is 5.09. The van der Waals surface area contributed by atoms with Crippen LogP contribution in [0.15, 0.2) is 22.2 Å². The van der Waals surface area contributed by atoms with Crippen LogP contribution in [0.5, 0.6) is 0 Å². The van der Waals surface area contributed by atoms with Gasteiger partial charge in [-0.25, -0.2) is 9.97 Å². The number of imidazole rings is 2. The Labute approximate surface area is 242 Å². The summed E-state index contributed by atoms with van der Waals surface area (Å²) in [6.07, 6.45) is -8.79. The molecule has 0 aliphatic carbocycles. The van der Waals surface area contributed by atoms with E-state index in [2.05, 4.69) is 29.9 Å². The molecule has 1 unspecified atom stereocenters. The van der Waals surface area contributed by atoms with Gasteiger partial charge in [-0.3, -0.25) is 33.2 Å². The Hall–Kier alpha value is -3.41. The first-order chi connectivity index (χ1) is 20.4. The Morgan fingerprint density at radius 1 is 0.907 bits per heavy atom. The van der Waals surface area contributed by atoms with Crippen molar-refractivity contribution in [1.29, 1.82) is 0 Å². The summed E-state index contributed by atoms with van der Waals surface area (Å²) in [4.78, 5) is 55.5.